The average molecular weight is 351 g/mol. The summed E-state index contributed by atoms with van der Waals surface area (Å²) in [5.74, 6) is 0.404. The van der Waals surface area contributed by atoms with Gasteiger partial charge in [0.2, 0.25) is 5.88 Å². The lowest BCUT2D eigenvalue weighted by Gasteiger charge is -2.14. The minimum absolute atomic E-state index is 0.0261. The summed E-state index contributed by atoms with van der Waals surface area (Å²) in [6.07, 6.45) is 5.21. The first-order valence-electron chi connectivity index (χ1n) is 8.37. The zero-order valence-electron chi connectivity index (χ0n) is 14.7. The highest BCUT2D eigenvalue weighted by atomic mass is 16.5. The normalized spacial score (nSPS) is 10.6. The molecule has 26 heavy (non-hydrogen) atoms. The average Bonchev–Trinajstić information content (AvgIpc) is 3.16. The van der Waals surface area contributed by atoms with E-state index in [1.165, 1.54) is 0 Å². The van der Waals surface area contributed by atoms with E-state index < -0.39 is 0 Å². The number of rotatable bonds is 6. The Labute approximate surface area is 152 Å². The minimum atomic E-state index is -0.317. The SMILES string of the molecule is CC(C)Oc1ncccc1NC(=O)NCc1ccc(-n2cccn2)cc1. The number of aromatic nitrogens is 3. The van der Waals surface area contributed by atoms with Crippen molar-refractivity contribution in [3.63, 3.8) is 0 Å². The fraction of sp³-hybridized carbons (Fsp3) is 0.211. The number of carbonyl (C=O) groups excluding carboxylic acids is 1. The van der Waals surface area contributed by atoms with Crippen molar-refractivity contribution in [3.8, 4) is 11.6 Å². The van der Waals surface area contributed by atoms with E-state index in [0.717, 1.165) is 11.3 Å². The van der Waals surface area contributed by atoms with Crippen molar-refractivity contribution in [1.82, 2.24) is 20.1 Å². The highest BCUT2D eigenvalue weighted by Gasteiger charge is 2.10. The molecule has 1 aromatic carbocycles. The first-order chi connectivity index (χ1) is 12.6. The molecule has 7 nitrogen and oxygen atoms in total. The molecule has 2 heterocycles. The molecule has 0 unspecified atom stereocenters. The Kier molecular flexibility index (Phi) is 5.48. The summed E-state index contributed by atoms with van der Waals surface area (Å²) in [6.45, 7) is 4.22. The topological polar surface area (TPSA) is 81.1 Å². The first kappa shape index (κ1) is 17.5. The molecule has 2 N–H and O–H groups in total. The molecule has 2 aromatic heterocycles. The number of anilines is 1. The third kappa shape index (κ3) is 4.60. The molecular weight excluding hydrogens is 330 g/mol. The quantitative estimate of drug-likeness (QED) is 0.713. The van der Waals surface area contributed by atoms with Gasteiger partial charge < -0.3 is 15.4 Å². The molecule has 0 aliphatic heterocycles. The van der Waals surface area contributed by atoms with Crippen molar-refractivity contribution >= 4 is 11.7 Å². The minimum Gasteiger partial charge on any atom is -0.473 e. The van der Waals surface area contributed by atoms with Crippen LogP contribution in [0, 0.1) is 0 Å². The molecule has 134 valence electrons. The van der Waals surface area contributed by atoms with E-state index in [2.05, 4.69) is 20.7 Å². The van der Waals surface area contributed by atoms with Gasteiger partial charge in [-0.05, 0) is 49.7 Å². The summed E-state index contributed by atoms with van der Waals surface area (Å²) in [6, 6.07) is 12.9. The number of nitrogens with zero attached hydrogens (tertiary/aromatic N) is 3. The standard InChI is InChI=1S/C19H21N5O2/c1-14(2)26-18-17(5-3-10-20-18)23-19(25)21-13-15-6-8-16(9-7-15)24-12-4-11-22-24/h3-12,14H,13H2,1-2H3,(H2,21,23,25). The van der Waals surface area contributed by atoms with E-state index in [1.54, 1.807) is 29.2 Å². The monoisotopic (exact) mass is 351 g/mol. The van der Waals surface area contributed by atoms with Crippen molar-refractivity contribution in [1.29, 1.82) is 0 Å². The van der Waals surface area contributed by atoms with Crippen LogP contribution in [0.15, 0.2) is 61.1 Å². The van der Waals surface area contributed by atoms with Crippen LogP contribution >= 0.6 is 0 Å². The zero-order chi connectivity index (χ0) is 18.4. The summed E-state index contributed by atoms with van der Waals surface area (Å²) < 4.78 is 7.38. The fourth-order valence-electron chi connectivity index (χ4n) is 2.34. The second kappa shape index (κ2) is 8.15. The summed E-state index contributed by atoms with van der Waals surface area (Å²) >= 11 is 0. The van der Waals surface area contributed by atoms with Gasteiger partial charge in [0, 0.05) is 25.1 Å². The number of ether oxygens (including phenoxy) is 1. The van der Waals surface area contributed by atoms with Crippen LogP contribution < -0.4 is 15.4 Å². The predicted octanol–water partition coefficient (Wildman–Crippen LogP) is 3.38. The summed E-state index contributed by atoms with van der Waals surface area (Å²) in [4.78, 5) is 16.3. The molecule has 2 amide bonds. The maximum atomic E-state index is 12.2. The van der Waals surface area contributed by atoms with Gasteiger partial charge in [-0.25, -0.2) is 14.5 Å². The van der Waals surface area contributed by atoms with Crippen LogP contribution in [0.3, 0.4) is 0 Å². The molecule has 7 heteroatoms. The van der Waals surface area contributed by atoms with Gasteiger partial charge in [-0.15, -0.1) is 0 Å². The Morgan fingerprint density at radius 3 is 2.65 bits per heavy atom. The van der Waals surface area contributed by atoms with Crippen molar-refractivity contribution in [2.75, 3.05) is 5.32 Å². The van der Waals surface area contributed by atoms with E-state index in [4.69, 9.17) is 4.74 Å². The third-order valence-electron chi connectivity index (χ3n) is 3.53. The van der Waals surface area contributed by atoms with Crippen LogP contribution in [0.4, 0.5) is 10.5 Å². The molecule has 0 aliphatic rings. The Balaban J connectivity index is 1.56. The smallest absolute Gasteiger partial charge is 0.319 e. The number of pyridine rings is 1. The highest BCUT2D eigenvalue weighted by Crippen LogP contribution is 2.21. The van der Waals surface area contributed by atoms with E-state index in [-0.39, 0.29) is 12.1 Å². The Morgan fingerprint density at radius 2 is 1.96 bits per heavy atom. The van der Waals surface area contributed by atoms with Gasteiger partial charge in [-0.1, -0.05) is 12.1 Å². The molecule has 0 fully saturated rings. The van der Waals surface area contributed by atoms with Crippen molar-refractivity contribution < 1.29 is 9.53 Å². The predicted molar refractivity (Wildman–Crippen MR) is 99.4 cm³/mol. The van der Waals surface area contributed by atoms with Gasteiger partial charge in [0.1, 0.15) is 5.69 Å². The van der Waals surface area contributed by atoms with Crippen LogP contribution in [-0.2, 0) is 6.54 Å². The first-order valence-corrected chi connectivity index (χ1v) is 8.37. The van der Waals surface area contributed by atoms with Gasteiger partial charge in [0.25, 0.3) is 0 Å². The molecule has 0 radical (unpaired) electrons. The maximum absolute atomic E-state index is 12.2. The molecule has 3 rings (SSSR count). The van der Waals surface area contributed by atoms with E-state index in [1.807, 2.05) is 50.4 Å². The number of carbonyl (C=O) groups is 1. The maximum Gasteiger partial charge on any atom is 0.319 e. The van der Waals surface area contributed by atoms with Crippen molar-refractivity contribution in [2.24, 2.45) is 0 Å². The summed E-state index contributed by atoms with van der Waals surface area (Å²) in [5.41, 5.74) is 2.49. The lowest BCUT2D eigenvalue weighted by molar-refractivity contribution is 0.233. The van der Waals surface area contributed by atoms with Crippen LogP contribution in [0.25, 0.3) is 5.69 Å². The number of urea groups is 1. The van der Waals surface area contributed by atoms with Gasteiger partial charge >= 0.3 is 6.03 Å². The number of benzene rings is 1. The third-order valence-corrected chi connectivity index (χ3v) is 3.53. The van der Waals surface area contributed by atoms with Crippen molar-refractivity contribution in [2.45, 2.75) is 26.5 Å². The fourth-order valence-corrected chi connectivity index (χ4v) is 2.34. The second-order valence-electron chi connectivity index (χ2n) is 5.95. The van der Waals surface area contributed by atoms with Crippen LogP contribution in [-0.4, -0.2) is 26.9 Å². The van der Waals surface area contributed by atoms with E-state index in [0.29, 0.717) is 18.1 Å². The Bertz CT molecular complexity index is 845. The van der Waals surface area contributed by atoms with Gasteiger partial charge in [0.15, 0.2) is 0 Å². The zero-order valence-corrected chi connectivity index (χ0v) is 14.7. The molecule has 0 atom stereocenters. The Morgan fingerprint density at radius 1 is 1.15 bits per heavy atom. The number of amides is 2. The van der Waals surface area contributed by atoms with E-state index >= 15 is 0 Å². The molecule has 0 spiro atoms. The van der Waals surface area contributed by atoms with Crippen LogP contribution in [0.2, 0.25) is 0 Å². The van der Waals surface area contributed by atoms with Gasteiger partial charge in [-0.3, -0.25) is 0 Å². The van der Waals surface area contributed by atoms with E-state index in [9.17, 15) is 4.79 Å². The lowest BCUT2D eigenvalue weighted by atomic mass is 10.2. The largest absolute Gasteiger partial charge is 0.473 e. The highest BCUT2D eigenvalue weighted by molar-refractivity contribution is 5.90. The molecule has 0 bridgehead atoms. The molecule has 0 aliphatic carbocycles. The molecule has 0 saturated carbocycles. The van der Waals surface area contributed by atoms with Gasteiger partial charge in [-0.2, -0.15) is 5.10 Å². The Hall–Kier alpha value is -3.35. The number of hydrogen-bond donors (Lipinski definition) is 2. The number of nitrogens with one attached hydrogen (secondary N) is 2. The summed E-state index contributed by atoms with van der Waals surface area (Å²) in [7, 11) is 0. The van der Waals surface area contributed by atoms with Crippen molar-refractivity contribution in [3.05, 3.63) is 66.6 Å². The molecular formula is C19H21N5O2. The van der Waals surface area contributed by atoms with Crippen LogP contribution in [0.1, 0.15) is 19.4 Å². The summed E-state index contributed by atoms with van der Waals surface area (Å²) in [5, 5.41) is 9.78. The van der Waals surface area contributed by atoms with Crippen LogP contribution in [0.5, 0.6) is 5.88 Å². The molecule has 3 aromatic rings. The second-order valence-corrected chi connectivity index (χ2v) is 5.95. The number of hydrogen-bond acceptors (Lipinski definition) is 4. The van der Waals surface area contributed by atoms with Gasteiger partial charge in [0.05, 0.1) is 11.8 Å². The lowest BCUT2D eigenvalue weighted by Crippen LogP contribution is -2.28. The molecule has 0 saturated heterocycles.